The van der Waals surface area contributed by atoms with Crippen LogP contribution in [0, 0.1) is 0 Å². The molecule has 6 heteroatoms. The van der Waals surface area contributed by atoms with Crippen molar-refractivity contribution in [2.75, 3.05) is 13.7 Å². The first-order valence-corrected chi connectivity index (χ1v) is 6.36. The average Bonchev–Trinajstić information content (AvgIpc) is 2.39. The fraction of sp³-hybridized carbons (Fsp3) is 0.500. The quantitative estimate of drug-likeness (QED) is 0.843. The Kier molecular flexibility index (Phi) is 8.03. The Balaban J connectivity index is 0.00000361. The van der Waals surface area contributed by atoms with Crippen LogP contribution in [-0.2, 0) is 4.79 Å². The van der Waals surface area contributed by atoms with Crippen molar-refractivity contribution >= 4 is 18.3 Å². The van der Waals surface area contributed by atoms with Gasteiger partial charge >= 0.3 is 0 Å². The summed E-state index contributed by atoms with van der Waals surface area (Å²) in [4.78, 5) is 11.6. The number of methoxy groups -OCH3 is 1. The van der Waals surface area contributed by atoms with Crippen LogP contribution in [0.1, 0.15) is 32.4 Å². The standard InChI is InChI=1S/C14H22N2O3.ClH/c1-5-19-12-7-6-11(8-13(12)18-4)10(3)16-14(17)9(2)15;/h6-10H,5,15H2,1-4H3,(H,16,17);1H/t9-,10?;/m1./s1. The number of nitrogens with two attached hydrogens (primary N) is 1. The minimum absolute atomic E-state index is 0. The highest BCUT2D eigenvalue weighted by Gasteiger charge is 2.14. The molecule has 1 amide bonds. The molecule has 0 aliphatic carbocycles. The number of benzene rings is 1. The molecule has 0 aromatic heterocycles. The molecule has 0 radical (unpaired) electrons. The highest BCUT2D eigenvalue weighted by atomic mass is 35.5. The monoisotopic (exact) mass is 302 g/mol. The molecule has 0 aliphatic heterocycles. The number of ether oxygens (including phenoxy) is 2. The Labute approximate surface area is 126 Å². The van der Waals surface area contributed by atoms with Gasteiger partial charge in [-0.05, 0) is 38.5 Å². The van der Waals surface area contributed by atoms with Crippen LogP contribution in [0.15, 0.2) is 18.2 Å². The van der Waals surface area contributed by atoms with Gasteiger partial charge in [-0.25, -0.2) is 0 Å². The normalized spacial score (nSPS) is 12.8. The Hall–Kier alpha value is -1.46. The lowest BCUT2D eigenvalue weighted by atomic mass is 10.1. The number of amides is 1. The molecule has 1 rings (SSSR count). The van der Waals surface area contributed by atoms with Crippen molar-refractivity contribution in [1.29, 1.82) is 0 Å². The SMILES string of the molecule is CCOc1ccc(C(C)NC(=O)[C@@H](C)N)cc1OC.Cl. The summed E-state index contributed by atoms with van der Waals surface area (Å²) in [6.45, 7) is 6.04. The van der Waals surface area contributed by atoms with E-state index in [1.807, 2.05) is 32.0 Å². The van der Waals surface area contributed by atoms with Crippen molar-refractivity contribution in [1.82, 2.24) is 5.32 Å². The zero-order valence-electron chi connectivity index (χ0n) is 12.3. The van der Waals surface area contributed by atoms with Crippen molar-refractivity contribution in [3.63, 3.8) is 0 Å². The van der Waals surface area contributed by atoms with Crippen molar-refractivity contribution in [2.45, 2.75) is 32.9 Å². The zero-order chi connectivity index (χ0) is 14.4. The minimum Gasteiger partial charge on any atom is -0.493 e. The molecule has 0 heterocycles. The third-order valence-corrected chi connectivity index (χ3v) is 2.76. The maximum absolute atomic E-state index is 11.6. The van der Waals surface area contributed by atoms with E-state index < -0.39 is 6.04 Å². The average molecular weight is 303 g/mol. The topological polar surface area (TPSA) is 73.6 Å². The van der Waals surface area contributed by atoms with Gasteiger partial charge < -0.3 is 20.5 Å². The molecule has 1 aromatic carbocycles. The van der Waals surface area contributed by atoms with Crippen LogP contribution in [-0.4, -0.2) is 25.7 Å². The first kappa shape index (κ1) is 18.5. The van der Waals surface area contributed by atoms with E-state index >= 15 is 0 Å². The van der Waals surface area contributed by atoms with Gasteiger partial charge in [-0.15, -0.1) is 12.4 Å². The summed E-state index contributed by atoms with van der Waals surface area (Å²) in [5.74, 6) is 1.17. The van der Waals surface area contributed by atoms with E-state index in [2.05, 4.69) is 5.32 Å². The van der Waals surface area contributed by atoms with Crippen molar-refractivity contribution in [3.8, 4) is 11.5 Å². The summed E-state index contributed by atoms with van der Waals surface area (Å²) in [5, 5.41) is 2.84. The molecule has 20 heavy (non-hydrogen) atoms. The number of hydrogen-bond acceptors (Lipinski definition) is 4. The van der Waals surface area contributed by atoms with E-state index in [-0.39, 0.29) is 24.4 Å². The van der Waals surface area contributed by atoms with Crippen LogP contribution in [0.3, 0.4) is 0 Å². The van der Waals surface area contributed by atoms with Crippen molar-refractivity contribution < 1.29 is 14.3 Å². The molecule has 1 aromatic rings. The second-order valence-electron chi connectivity index (χ2n) is 4.36. The molecular formula is C14H23ClN2O3. The van der Waals surface area contributed by atoms with Gasteiger partial charge in [-0.3, -0.25) is 4.79 Å². The van der Waals surface area contributed by atoms with E-state index in [1.54, 1.807) is 14.0 Å². The minimum atomic E-state index is -0.521. The predicted octanol–water partition coefficient (Wildman–Crippen LogP) is 2.04. The van der Waals surface area contributed by atoms with Crippen LogP contribution >= 0.6 is 12.4 Å². The van der Waals surface area contributed by atoms with E-state index in [4.69, 9.17) is 15.2 Å². The Bertz CT molecular complexity index is 438. The predicted molar refractivity (Wildman–Crippen MR) is 81.6 cm³/mol. The lowest BCUT2D eigenvalue weighted by Gasteiger charge is -2.18. The van der Waals surface area contributed by atoms with Crippen molar-refractivity contribution in [2.24, 2.45) is 5.73 Å². The lowest BCUT2D eigenvalue weighted by Crippen LogP contribution is -2.39. The molecule has 0 fully saturated rings. The zero-order valence-corrected chi connectivity index (χ0v) is 13.1. The van der Waals surface area contributed by atoms with Crippen LogP contribution in [0.4, 0.5) is 0 Å². The third-order valence-electron chi connectivity index (χ3n) is 2.76. The highest BCUT2D eigenvalue weighted by molar-refractivity contribution is 5.85. The number of halogens is 1. The first-order valence-electron chi connectivity index (χ1n) is 6.36. The van der Waals surface area contributed by atoms with Gasteiger partial charge in [0.25, 0.3) is 0 Å². The van der Waals surface area contributed by atoms with Gasteiger partial charge in [-0.1, -0.05) is 6.07 Å². The summed E-state index contributed by atoms with van der Waals surface area (Å²) in [5.41, 5.74) is 6.46. The second-order valence-corrected chi connectivity index (χ2v) is 4.36. The van der Waals surface area contributed by atoms with E-state index in [9.17, 15) is 4.79 Å². The number of carbonyl (C=O) groups is 1. The maximum Gasteiger partial charge on any atom is 0.237 e. The summed E-state index contributed by atoms with van der Waals surface area (Å²) in [6.07, 6.45) is 0. The van der Waals surface area contributed by atoms with Crippen LogP contribution in [0.2, 0.25) is 0 Å². The smallest absolute Gasteiger partial charge is 0.237 e. The van der Waals surface area contributed by atoms with Gasteiger partial charge in [0.2, 0.25) is 5.91 Å². The Morgan fingerprint density at radius 3 is 2.50 bits per heavy atom. The molecule has 0 saturated heterocycles. The van der Waals surface area contributed by atoms with E-state index in [0.717, 1.165) is 5.56 Å². The molecule has 1 unspecified atom stereocenters. The number of nitrogens with one attached hydrogen (secondary N) is 1. The van der Waals surface area contributed by atoms with Gasteiger partial charge in [0.05, 0.1) is 25.8 Å². The molecule has 0 saturated carbocycles. The fourth-order valence-electron chi connectivity index (χ4n) is 1.66. The van der Waals surface area contributed by atoms with Gasteiger partial charge in [0, 0.05) is 0 Å². The third kappa shape index (κ3) is 4.90. The molecule has 0 bridgehead atoms. The molecule has 3 N–H and O–H groups in total. The maximum atomic E-state index is 11.6. The molecular weight excluding hydrogens is 280 g/mol. The first-order chi connectivity index (χ1) is 8.99. The summed E-state index contributed by atoms with van der Waals surface area (Å²) in [6, 6.07) is 4.94. The van der Waals surface area contributed by atoms with E-state index in [0.29, 0.717) is 18.1 Å². The summed E-state index contributed by atoms with van der Waals surface area (Å²) in [7, 11) is 1.59. The largest absolute Gasteiger partial charge is 0.493 e. The van der Waals surface area contributed by atoms with Crippen LogP contribution in [0.5, 0.6) is 11.5 Å². The fourth-order valence-corrected chi connectivity index (χ4v) is 1.66. The van der Waals surface area contributed by atoms with Gasteiger partial charge in [-0.2, -0.15) is 0 Å². The molecule has 0 aliphatic rings. The van der Waals surface area contributed by atoms with Gasteiger partial charge in [0.15, 0.2) is 11.5 Å². The molecule has 5 nitrogen and oxygen atoms in total. The van der Waals surface area contributed by atoms with Gasteiger partial charge in [0.1, 0.15) is 0 Å². The Morgan fingerprint density at radius 2 is 2.00 bits per heavy atom. The van der Waals surface area contributed by atoms with Crippen LogP contribution < -0.4 is 20.5 Å². The van der Waals surface area contributed by atoms with Crippen LogP contribution in [0.25, 0.3) is 0 Å². The van der Waals surface area contributed by atoms with Crippen molar-refractivity contribution in [3.05, 3.63) is 23.8 Å². The second kappa shape index (κ2) is 8.66. The molecule has 114 valence electrons. The van der Waals surface area contributed by atoms with E-state index in [1.165, 1.54) is 0 Å². The molecule has 2 atom stereocenters. The lowest BCUT2D eigenvalue weighted by molar-refractivity contribution is -0.122. The summed E-state index contributed by atoms with van der Waals surface area (Å²) >= 11 is 0. The number of rotatable bonds is 6. The summed E-state index contributed by atoms with van der Waals surface area (Å²) < 4.78 is 10.7. The highest BCUT2D eigenvalue weighted by Crippen LogP contribution is 2.30. The number of hydrogen-bond donors (Lipinski definition) is 2. The molecule has 0 spiro atoms. The Morgan fingerprint density at radius 1 is 1.35 bits per heavy atom. The number of carbonyl (C=O) groups excluding carboxylic acids is 1.